The summed E-state index contributed by atoms with van der Waals surface area (Å²) in [6.45, 7) is 6.26. The number of hydrogen-bond acceptors (Lipinski definition) is 3. The smallest absolute Gasteiger partial charge is 0.328 e. The van der Waals surface area contributed by atoms with Gasteiger partial charge in [-0.15, -0.1) is 11.3 Å². The van der Waals surface area contributed by atoms with Gasteiger partial charge in [-0.3, -0.25) is 0 Å². The monoisotopic (exact) mass is 301 g/mol. The normalized spacial score (nSPS) is 11.4. The number of carboxylic acids is 1. The molecule has 0 amide bonds. The van der Waals surface area contributed by atoms with E-state index in [1.807, 2.05) is 0 Å². The number of benzene rings is 1. The lowest BCUT2D eigenvalue weighted by atomic mass is 10.1. The quantitative estimate of drug-likeness (QED) is 0.821. The molecule has 0 aliphatic carbocycles. The largest absolute Gasteiger partial charge is 0.478 e. The van der Waals surface area contributed by atoms with Crippen LogP contribution in [-0.2, 0) is 11.2 Å². The molecule has 0 atom stereocenters. The fraction of sp³-hybridized carbons (Fsp3) is 0.294. The molecular weight excluding hydrogens is 282 g/mol. The Balaban J connectivity index is 2.40. The van der Waals surface area contributed by atoms with E-state index in [1.165, 1.54) is 23.0 Å². The molecule has 110 valence electrons. The van der Waals surface area contributed by atoms with Gasteiger partial charge in [0.25, 0.3) is 0 Å². The molecule has 0 fully saturated rings. The van der Waals surface area contributed by atoms with Crippen molar-refractivity contribution < 1.29 is 9.90 Å². The third-order valence-electron chi connectivity index (χ3n) is 3.21. The van der Waals surface area contributed by atoms with Gasteiger partial charge < -0.3 is 5.11 Å². The van der Waals surface area contributed by atoms with Crippen LogP contribution in [0.15, 0.2) is 30.3 Å². The number of aryl methyl sites for hydroxylation is 1. The number of nitrogens with zero attached hydrogens (tertiary/aromatic N) is 1. The van der Waals surface area contributed by atoms with Gasteiger partial charge in [0.1, 0.15) is 5.01 Å². The first-order chi connectivity index (χ1) is 10.0. The van der Waals surface area contributed by atoms with Crippen molar-refractivity contribution in [2.24, 2.45) is 0 Å². The summed E-state index contributed by atoms with van der Waals surface area (Å²) in [6.07, 6.45) is 3.82. The number of carboxylic acid groups (broad SMARTS) is 1. The molecule has 1 aromatic carbocycles. The Morgan fingerprint density at radius 3 is 2.52 bits per heavy atom. The van der Waals surface area contributed by atoms with E-state index in [0.717, 1.165) is 27.6 Å². The van der Waals surface area contributed by atoms with Crippen LogP contribution >= 0.6 is 11.3 Å². The number of rotatable bonds is 5. The summed E-state index contributed by atoms with van der Waals surface area (Å²) in [5.41, 5.74) is 3.33. The predicted molar refractivity (Wildman–Crippen MR) is 87.7 cm³/mol. The van der Waals surface area contributed by atoms with Gasteiger partial charge in [0.2, 0.25) is 0 Å². The van der Waals surface area contributed by atoms with Crippen LogP contribution in [0.2, 0.25) is 0 Å². The van der Waals surface area contributed by atoms with Crippen LogP contribution in [0.1, 0.15) is 42.8 Å². The zero-order chi connectivity index (χ0) is 15.4. The van der Waals surface area contributed by atoms with Crippen molar-refractivity contribution in [2.75, 3.05) is 0 Å². The van der Waals surface area contributed by atoms with E-state index >= 15 is 0 Å². The van der Waals surface area contributed by atoms with E-state index in [2.05, 4.69) is 50.0 Å². The third-order valence-corrected chi connectivity index (χ3v) is 4.30. The highest BCUT2D eigenvalue weighted by Crippen LogP contribution is 2.32. The zero-order valence-corrected chi connectivity index (χ0v) is 13.3. The van der Waals surface area contributed by atoms with Crippen LogP contribution in [0.4, 0.5) is 0 Å². The van der Waals surface area contributed by atoms with Crippen LogP contribution in [0.25, 0.3) is 16.6 Å². The molecule has 0 unspecified atom stereocenters. The van der Waals surface area contributed by atoms with E-state index < -0.39 is 5.97 Å². The molecule has 0 aliphatic rings. The fourth-order valence-corrected chi connectivity index (χ4v) is 3.16. The molecule has 3 nitrogen and oxygen atoms in total. The van der Waals surface area contributed by atoms with E-state index in [1.54, 1.807) is 6.08 Å². The second-order valence-electron chi connectivity index (χ2n) is 5.15. The Morgan fingerprint density at radius 2 is 2.00 bits per heavy atom. The minimum Gasteiger partial charge on any atom is -0.478 e. The first-order valence-corrected chi connectivity index (χ1v) is 7.84. The van der Waals surface area contributed by atoms with Crippen molar-refractivity contribution in [1.29, 1.82) is 0 Å². The summed E-state index contributed by atoms with van der Waals surface area (Å²) in [5, 5.41) is 9.72. The predicted octanol–water partition coefficient (Wildman–Crippen LogP) is 4.59. The maximum Gasteiger partial charge on any atom is 0.328 e. The van der Waals surface area contributed by atoms with E-state index in [9.17, 15) is 4.79 Å². The second-order valence-corrected chi connectivity index (χ2v) is 6.18. The SMILES string of the molecule is CCc1ccc(-c2nc(C(C)C)c(/C=C/C(=O)O)s2)cc1. The highest BCUT2D eigenvalue weighted by molar-refractivity contribution is 7.16. The Labute approximate surface area is 129 Å². The van der Waals surface area contributed by atoms with Crippen LogP contribution in [0.3, 0.4) is 0 Å². The Kier molecular flexibility index (Phi) is 4.91. The van der Waals surface area contributed by atoms with Crippen molar-refractivity contribution in [2.45, 2.75) is 33.1 Å². The number of aromatic nitrogens is 1. The fourth-order valence-electron chi connectivity index (χ4n) is 2.03. The lowest BCUT2D eigenvalue weighted by Crippen LogP contribution is -1.91. The summed E-state index contributed by atoms with van der Waals surface area (Å²) in [4.78, 5) is 16.3. The summed E-state index contributed by atoms with van der Waals surface area (Å²) >= 11 is 1.54. The molecule has 21 heavy (non-hydrogen) atoms. The lowest BCUT2D eigenvalue weighted by molar-refractivity contribution is -0.131. The van der Waals surface area contributed by atoms with Crippen molar-refractivity contribution in [3.8, 4) is 10.6 Å². The molecule has 1 heterocycles. The minimum atomic E-state index is -0.938. The molecule has 0 saturated heterocycles. The van der Waals surface area contributed by atoms with Gasteiger partial charge in [-0.25, -0.2) is 9.78 Å². The van der Waals surface area contributed by atoms with Gasteiger partial charge in [0.15, 0.2) is 0 Å². The molecule has 0 saturated carbocycles. The van der Waals surface area contributed by atoms with Gasteiger partial charge >= 0.3 is 5.97 Å². The van der Waals surface area contributed by atoms with Crippen molar-refractivity contribution in [3.05, 3.63) is 46.5 Å². The molecule has 4 heteroatoms. The number of thiazole rings is 1. The van der Waals surface area contributed by atoms with Crippen LogP contribution in [0.5, 0.6) is 0 Å². The van der Waals surface area contributed by atoms with Gasteiger partial charge in [-0.2, -0.15) is 0 Å². The Hall–Kier alpha value is -1.94. The van der Waals surface area contributed by atoms with Crippen molar-refractivity contribution in [1.82, 2.24) is 4.98 Å². The highest BCUT2D eigenvalue weighted by Gasteiger charge is 2.13. The van der Waals surface area contributed by atoms with E-state index in [-0.39, 0.29) is 5.92 Å². The van der Waals surface area contributed by atoms with E-state index in [4.69, 9.17) is 5.11 Å². The number of carbonyl (C=O) groups is 1. The lowest BCUT2D eigenvalue weighted by Gasteiger charge is -2.01. The summed E-state index contributed by atoms with van der Waals surface area (Å²) in [5.74, 6) is -0.676. The van der Waals surface area contributed by atoms with Gasteiger partial charge in [-0.1, -0.05) is 45.0 Å². The summed E-state index contributed by atoms with van der Waals surface area (Å²) in [6, 6.07) is 8.37. The first kappa shape index (κ1) is 15.4. The van der Waals surface area contributed by atoms with Crippen LogP contribution in [0, 0.1) is 0 Å². The van der Waals surface area contributed by atoms with Gasteiger partial charge in [0.05, 0.1) is 10.6 Å². The number of aliphatic carboxylic acids is 1. The topological polar surface area (TPSA) is 50.2 Å². The standard InChI is InChI=1S/C17H19NO2S/c1-4-12-5-7-13(8-6-12)17-18-16(11(2)3)14(21-17)9-10-15(19)20/h5-11H,4H2,1-3H3,(H,19,20)/b10-9+. The molecule has 0 aliphatic heterocycles. The Morgan fingerprint density at radius 1 is 1.33 bits per heavy atom. The van der Waals surface area contributed by atoms with Crippen molar-refractivity contribution >= 4 is 23.4 Å². The van der Waals surface area contributed by atoms with Crippen LogP contribution in [-0.4, -0.2) is 16.1 Å². The molecule has 0 spiro atoms. The van der Waals surface area contributed by atoms with Gasteiger partial charge in [0, 0.05) is 11.6 Å². The minimum absolute atomic E-state index is 0.262. The van der Waals surface area contributed by atoms with Crippen LogP contribution < -0.4 is 0 Å². The van der Waals surface area contributed by atoms with Crippen molar-refractivity contribution in [3.63, 3.8) is 0 Å². The molecule has 0 bridgehead atoms. The molecule has 1 N–H and O–H groups in total. The van der Waals surface area contributed by atoms with E-state index in [0.29, 0.717) is 0 Å². The third kappa shape index (κ3) is 3.79. The Bertz CT molecular complexity index is 654. The molecule has 2 rings (SSSR count). The average Bonchev–Trinajstić information content (AvgIpc) is 2.89. The summed E-state index contributed by atoms with van der Waals surface area (Å²) in [7, 11) is 0. The first-order valence-electron chi connectivity index (χ1n) is 7.02. The maximum absolute atomic E-state index is 10.7. The molecular formula is C17H19NO2S. The molecule has 2 aromatic rings. The highest BCUT2D eigenvalue weighted by atomic mass is 32.1. The molecule has 1 aromatic heterocycles. The maximum atomic E-state index is 10.7. The molecule has 0 radical (unpaired) electrons. The van der Waals surface area contributed by atoms with Gasteiger partial charge in [-0.05, 0) is 24.0 Å². The second kappa shape index (κ2) is 6.68. The summed E-state index contributed by atoms with van der Waals surface area (Å²) < 4.78 is 0. The zero-order valence-electron chi connectivity index (χ0n) is 12.5. The number of hydrogen-bond donors (Lipinski definition) is 1. The average molecular weight is 301 g/mol.